The Morgan fingerprint density at radius 3 is 2.65 bits per heavy atom. The zero-order valence-corrected chi connectivity index (χ0v) is 16.0. The van der Waals surface area contributed by atoms with E-state index in [0.29, 0.717) is 0 Å². The first-order valence-electron chi connectivity index (χ1n) is 9.43. The number of aromatic nitrogens is 3. The molecular formula is C22H26N3O+. The largest absolute Gasteiger partial charge is 0.495 e. The molecule has 3 heterocycles. The third kappa shape index (κ3) is 2.52. The Labute approximate surface area is 154 Å². The minimum absolute atomic E-state index is 0.935. The van der Waals surface area contributed by atoms with Crippen LogP contribution in [0.3, 0.4) is 0 Å². The molecule has 3 aromatic heterocycles. The van der Waals surface area contributed by atoms with E-state index in [-0.39, 0.29) is 0 Å². The number of benzene rings is 1. The summed E-state index contributed by atoms with van der Waals surface area (Å²) in [6.45, 7) is 7.42. The number of ether oxygens (including phenoxy) is 1. The quantitative estimate of drug-likeness (QED) is 0.385. The van der Waals surface area contributed by atoms with Gasteiger partial charge in [-0.05, 0) is 31.9 Å². The van der Waals surface area contributed by atoms with E-state index in [2.05, 4.69) is 61.9 Å². The topological polar surface area (TPSA) is 31.1 Å². The van der Waals surface area contributed by atoms with Gasteiger partial charge in [0.25, 0.3) is 5.52 Å². The summed E-state index contributed by atoms with van der Waals surface area (Å²) in [4.78, 5) is 0. The maximum atomic E-state index is 5.72. The highest BCUT2D eigenvalue weighted by atomic mass is 16.5. The number of aryl methyl sites for hydroxylation is 3. The Morgan fingerprint density at radius 1 is 1.08 bits per heavy atom. The van der Waals surface area contributed by atoms with Gasteiger partial charge < -0.3 is 9.30 Å². The molecular weight excluding hydrogens is 322 g/mol. The molecule has 26 heavy (non-hydrogen) atoms. The van der Waals surface area contributed by atoms with Gasteiger partial charge in [-0.25, -0.2) is 0 Å². The van der Waals surface area contributed by atoms with Crippen molar-refractivity contribution < 1.29 is 9.25 Å². The molecule has 0 saturated carbocycles. The van der Waals surface area contributed by atoms with Crippen molar-refractivity contribution in [2.75, 3.05) is 7.11 Å². The molecule has 0 fully saturated rings. The lowest BCUT2D eigenvalue weighted by Crippen LogP contribution is -2.28. The van der Waals surface area contributed by atoms with Crippen molar-refractivity contribution >= 4 is 27.3 Å². The fourth-order valence-corrected chi connectivity index (χ4v) is 3.86. The van der Waals surface area contributed by atoms with Crippen LogP contribution in [0.5, 0.6) is 5.75 Å². The smallest absolute Gasteiger partial charge is 0.262 e. The highest BCUT2D eigenvalue weighted by Crippen LogP contribution is 2.36. The van der Waals surface area contributed by atoms with Crippen molar-refractivity contribution in [3.05, 3.63) is 47.8 Å². The van der Waals surface area contributed by atoms with Crippen LogP contribution in [0.1, 0.15) is 37.4 Å². The van der Waals surface area contributed by atoms with Crippen molar-refractivity contribution in [3.8, 4) is 5.75 Å². The number of hydrogen-bond acceptors (Lipinski definition) is 2. The summed E-state index contributed by atoms with van der Waals surface area (Å²) in [6.07, 6.45) is 5.67. The molecule has 4 nitrogen and oxygen atoms in total. The Morgan fingerprint density at radius 2 is 1.88 bits per heavy atom. The summed E-state index contributed by atoms with van der Waals surface area (Å²) in [5.74, 6) is 0.935. The lowest BCUT2D eigenvalue weighted by molar-refractivity contribution is -0.580. The summed E-state index contributed by atoms with van der Waals surface area (Å²) in [6, 6.07) is 10.8. The number of para-hydroxylation sites is 1. The Bertz CT molecular complexity index is 1110. The highest BCUT2D eigenvalue weighted by molar-refractivity contribution is 6.13. The number of fused-ring (bicyclic) bond motifs is 5. The van der Waals surface area contributed by atoms with Crippen molar-refractivity contribution in [1.29, 1.82) is 0 Å². The van der Waals surface area contributed by atoms with Crippen molar-refractivity contribution in [1.82, 2.24) is 9.67 Å². The molecule has 0 aliphatic rings. The van der Waals surface area contributed by atoms with Crippen LogP contribution in [-0.4, -0.2) is 16.8 Å². The molecule has 0 unspecified atom stereocenters. The number of hydrogen-bond donors (Lipinski definition) is 0. The molecule has 0 aliphatic heterocycles. The molecule has 0 bridgehead atoms. The van der Waals surface area contributed by atoms with E-state index in [1.54, 1.807) is 7.11 Å². The molecule has 4 heteroatoms. The average molecular weight is 348 g/mol. The lowest BCUT2D eigenvalue weighted by atomic mass is 10.1. The third-order valence-electron chi connectivity index (χ3n) is 5.34. The Balaban J connectivity index is 2.14. The third-order valence-corrected chi connectivity index (χ3v) is 5.34. The van der Waals surface area contributed by atoms with Crippen molar-refractivity contribution in [2.45, 2.75) is 46.6 Å². The minimum Gasteiger partial charge on any atom is -0.495 e. The van der Waals surface area contributed by atoms with Gasteiger partial charge in [0.2, 0.25) is 6.20 Å². The fraction of sp³-hybridized carbons (Fsp3) is 0.364. The van der Waals surface area contributed by atoms with Crippen molar-refractivity contribution in [3.63, 3.8) is 0 Å². The minimum atomic E-state index is 0.935. The number of rotatable bonds is 5. The van der Waals surface area contributed by atoms with Gasteiger partial charge in [-0.3, -0.25) is 0 Å². The lowest BCUT2D eigenvalue weighted by Gasteiger charge is -2.10. The van der Waals surface area contributed by atoms with Crippen LogP contribution in [0, 0.1) is 13.8 Å². The first kappa shape index (κ1) is 16.8. The summed E-state index contributed by atoms with van der Waals surface area (Å²) in [5.41, 5.74) is 5.87. The second-order valence-corrected chi connectivity index (χ2v) is 7.04. The van der Waals surface area contributed by atoms with E-state index in [0.717, 1.165) is 29.9 Å². The van der Waals surface area contributed by atoms with E-state index in [4.69, 9.17) is 9.84 Å². The van der Waals surface area contributed by atoms with E-state index in [1.165, 1.54) is 40.2 Å². The van der Waals surface area contributed by atoms with E-state index in [1.807, 2.05) is 4.52 Å². The second-order valence-electron chi connectivity index (χ2n) is 7.04. The molecule has 0 amide bonds. The SMILES string of the molecule is CCCCCn1c2c(OC)cccc2c2cc[n+]3nc(C)c(C)cc3c21. The van der Waals surface area contributed by atoms with Crippen LogP contribution in [0.25, 0.3) is 27.3 Å². The number of methoxy groups -OCH3 is 1. The van der Waals surface area contributed by atoms with E-state index in [9.17, 15) is 0 Å². The first-order chi connectivity index (χ1) is 12.7. The summed E-state index contributed by atoms with van der Waals surface area (Å²) in [7, 11) is 1.75. The molecule has 4 rings (SSSR count). The summed E-state index contributed by atoms with van der Waals surface area (Å²) >= 11 is 0. The maximum absolute atomic E-state index is 5.72. The van der Waals surface area contributed by atoms with Gasteiger partial charge in [0.1, 0.15) is 17.0 Å². The Hall–Kier alpha value is -2.62. The first-order valence-corrected chi connectivity index (χ1v) is 9.43. The van der Waals surface area contributed by atoms with Gasteiger partial charge in [0.15, 0.2) is 0 Å². The molecule has 4 aromatic rings. The zero-order valence-electron chi connectivity index (χ0n) is 16.0. The normalized spacial score (nSPS) is 11.7. The van der Waals surface area contributed by atoms with Crippen LogP contribution >= 0.6 is 0 Å². The molecule has 1 aromatic carbocycles. The molecule has 0 spiro atoms. The van der Waals surface area contributed by atoms with Crippen LogP contribution < -0.4 is 9.25 Å². The van der Waals surface area contributed by atoms with Gasteiger partial charge >= 0.3 is 0 Å². The van der Waals surface area contributed by atoms with Crippen LogP contribution in [-0.2, 0) is 6.54 Å². The maximum Gasteiger partial charge on any atom is 0.262 e. The Kier molecular flexibility index (Phi) is 4.27. The van der Waals surface area contributed by atoms with Crippen molar-refractivity contribution in [2.24, 2.45) is 0 Å². The fourth-order valence-electron chi connectivity index (χ4n) is 3.86. The van der Waals surface area contributed by atoms with E-state index < -0.39 is 0 Å². The number of unbranched alkanes of at least 4 members (excludes halogenated alkanes) is 2. The van der Waals surface area contributed by atoms with Gasteiger partial charge in [-0.2, -0.15) is 0 Å². The molecule has 0 saturated heterocycles. The van der Waals surface area contributed by atoms with Gasteiger partial charge in [-0.15, -0.1) is 0 Å². The van der Waals surface area contributed by atoms with E-state index >= 15 is 0 Å². The van der Waals surface area contributed by atoms with Crippen LogP contribution in [0.4, 0.5) is 0 Å². The summed E-state index contributed by atoms with van der Waals surface area (Å²) < 4.78 is 10.2. The molecule has 134 valence electrons. The average Bonchev–Trinajstić information content (AvgIpc) is 2.97. The molecule has 0 radical (unpaired) electrons. The van der Waals surface area contributed by atoms with Gasteiger partial charge in [0.05, 0.1) is 12.6 Å². The standard InChI is InChI=1S/C22H26N3O/c1-5-6-7-12-24-21-18(17-9-8-10-20(26-4)22(17)24)11-13-25-19(21)14-15(2)16(3)23-25/h8-11,13-14H,5-7,12H2,1-4H3/q+1. The number of nitrogens with zero attached hydrogens (tertiary/aromatic N) is 3. The monoisotopic (exact) mass is 348 g/mol. The van der Waals surface area contributed by atoms with Gasteiger partial charge in [0, 0.05) is 34.5 Å². The van der Waals surface area contributed by atoms with Crippen LogP contribution in [0.2, 0.25) is 0 Å². The second kappa shape index (κ2) is 6.60. The molecule has 0 atom stereocenters. The predicted octanol–water partition coefficient (Wildman–Crippen LogP) is 4.74. The summed E-state index contributed by atoms with van der Waals surface area (Å²) in [5, 5.41) is 7.26. The molecule has 0 aliphatic carbocycles. The molecule has 0 N–H and O–H groups in total. The zero-order chi connectivity index (χ0) is 18.3. The van der Waals surface area contributed by atoms with Crippen LogP contribution in [0.15, 0.2) is 36.5 Å². The van der Waals surface area contributed by atoms with Gasteiger partial charge in [-0.1, -0.05) is 36.4 Å². The highest BCUT2D eigenvalue weighted by Gasteiger charge is 2.21. The number of pyridine rings is 1. The predicted molar refractivity (Wildman–Crippen MR) is 106 cm³/mol.